The van der Waals surface area contributed by atoms with E-state index in [2.05, 4.69) is 5.32 Å². The van der Waals surface area contributed by atoms with Gasteiger partial charge in [0.2, 0.25) is 0 Å². The standard InChI is InChI=1S/C29H28N2O6/c1-2-13-35-21-8-3-6-19(15-21)27(32)30-20-7-4-9-22(16-20)37-23-11-12-25-26(17-23)29(34)31(28(25)33)18-24-10-5-14-36-24/h3-4,6-9,11-12,15-17,24H,2,5,10,13-14,18H2,1H3,(H,30,32). The van der Waals surface area contributed by atoms with Crippen LogP contribution in [0.4, 0.5) is 5.69 Å². The van der Waals surface area contributed by atoms with E-state index < -0.39 is 0 Å². The normalized spacial score (nSPS) is 16.6. The van der Waals surface area contributed by atoms with Crippen LogP contribution in [0, 0.1) is 0 Å². The first-order valence-corrected chi connectivity index (χ1v) is 12.5. The molecule has 2 aliphatic heterocycles. The Morgan fingerprint density at radius 1 is 0.973 bits per heavy atom. The second kappa shape index (κ2) is 10.8. The van der Waals surface area contributed by atoms with Crippen LogP contribution < -0.4 is 14.8 Å². The number of hydrogen-bond acceptors (Lipinski definition) is 6. The summed E-state index contributed by atoms with van der Waals surface area (Å²) >= 11 is 0. The summed E-state index contributed by atoms with van der Waals surface area (Å²) in [6, 6.07) is 18.8. The van der Waals surface area contributed by atoms with E-state index in [4.69, 9.17) is 14.2 Å². The van der Waals surface area contributed by atoms with Crippen LogP contribution in [0.5, 0.6) is 17.2 Å². The third-order valence-electron chi connectivity index (χ3n) is 6.25. The molecule has 1 saturated heterocycles. The zero-order valence-corrected chi connectivity index (χ0v) is 20.6. The first-order valence-electron chi connectivity index (χ1n) is 12.5. The maximum Gasteiger partial charge on any atom is 0.261 e. The Hall–Kier alpha value is -4.17. The van der Waals surface area contributed by atoms with E-state index in [0.29, 0.717) is 52.8 Å². The average molecular weight is 501 g/mol. The van der Waals surface area contributed by atoms with Crippen LogP contribution in [-0.4, -0.2) is 48.5 Å². The van der Waals surface area contributed by atoms with E-state index in [1.54, 1.807) is 60.7 Å². The van der Waals surface area contributed by atoms with Gasteiger partial charge in [-0.25, -0.2) is 0 Å². The number of ether oxygens (including phenoxy) is 3. The van der Waals surface area contributed by atoms with Gasteiger partial charge in [0.05, 0.1) is 30.4 Å². The summed E-state index contributed by atoms with van der Waals surface area (Å²) < 4.78 is 17.2. The summed E-state index contributed by atoms with van der Waals surface area (Å²) in [7, 11) is 0. The predicted molar refractivity (Wildman–Crippen MR) is 137 cm³/mol. The number of fused-ring (bicyclic) bond motifs is 1. The highest BCUT2D eigenvalue weighted by Gasteiger charge is 2.37. The third kappa shape index (κ3) is 5.49. The fraction of sp³-hybridized carbons (Fsp3) is 0.276. The predicted octanol–water partition coefficient (Wildman–Crippen LogP) is 5.30. The van der Waals surface area contributed by atoms with Gasteiger partial charge in [-0.2, -0.15) is 0 Å². The molecule has 2 aliphatic rings. The second-order valence-corrected chi connectivity index (χ2v) is 9.02. The molecule has 0 aromatic heterocycles. The molecule has 1 unspecified atom stereocenters. The lowest BCUT2D eigenvalue weighted by molar-refractivity contribution is 0.0475. The van der Waals surface area contributed by atoms with E-state index >= 15 is 0 Å². The monoisotopic (exact) mass is 500 g/mol. The van der Waals surface area contributed by atoms with Crippen LogP contribution in [0.1, 0.15) is 57.3 Å². The molecule has 3 aromatic rings. The molecule has 0 aliphatic carbocycles. The van der Waals surface area contributed by atoms with Gasteiger partial charge in [0.15, 0.2) is 0 Å². The van der Waals surface area contributed by atoms with Crippen LogP contribution in [0.15, 0.2) is 66.7 Å². The summed E-state index contributed by atoms with van der Waals surface area (Å²) in [5, 5.41) is 2.87. The Bertz CT molecular complexity index is 1330. The highest BCUT2D eigenvalue weighted by atomic mass is 16.5. The number of carbonyl (C=O) groups excluding carboxylic acids is 3. The van der Waals surface area contributed by atoms with Crippen molar-refractivity contribution in [1.82, 2.24) is 4.90 Å². The van der Waals surface area contributed by atoms with E-state index in [9.17, 15) is 14.4 Å². The molecule has 0 saturated carbocycles. The molecule has 1 atom stereocenters. The molecule has 190 valence electrons. The van der Waals surface area contributed by atoms with Gasteiger partial charge in [0.25, 0.3) is 17.7 Å². The molecule has 3 aromatic carbocycles. The molecule has 2 heterocycles. The van der Waals surface area contributed by atoms with Gasteiger partial charge in [0, 0.05) is 23.9 Å². The largest absolute Gasteiger partial charge is 0.494 e. The van der Waals surface area contributed by atoms with Crippen molar-refractivity contribution < 1.29 is 28.6 Å². The minimum atomic E-state index is -0.341. The maximum atomic E-state index is 12.9. The summed E-state index contributed by atoms with van der Waals surface area (Å²) in [4.78, 5) is 39.7. The third-order valence-corrected chi connectivity index (χ3v) is 6.25. The van der Waals surface area contributed by atoms with Gasteiger partial charge < -0.3 is 19.5 Å². The number of nitrogens with zero attached hydrogens (tertiary/aromatic N) is 1. The highest BCUT2D eigenvalue weighted by molar-refractivity contribution is 6.21. The van der Waals surface area contributed by atoms with Gasteiger partial charge in [-0.1, -0.05) is 19.1 Å². The smallest absolute Gasteiger partial charge is 0.261 e. The summed E-state index contributed by atoms with van der Waals surface area (Å²) in [5.41, 5.74) is 1.71. The molecular weight excluding hydrogens is 472 g/mol. The Kier molecular flexibility index (Phi) is 7.18. The van der Waals surface area contributed by atoms with Crippen LogP contribution in [-0.2, 0) is 4.74 Å². The minimum absolute atomic E-state index is 0.109. The Balaban J connectivity index is 1.26. The fourth-order valence-electron chi connectivity index (χ4n) is 4.41. The number of hydrogen-bond donors (Lipinski definition) is 1. The number of rotatable bonds is 9. The fourth-order valence-corrected chi connectivity index (χ4v) is 4.41. The summed E-state index contributed by atoms with van der Waals surface area (Å²) in [6.07, 6.45) is 2.55. The van der Waals surface area contributed by atoms with Gasteiger partial charge in [-0.3, -0.25) is 19.3 Å². The quantitative estimate of drug-likeness (QED) is 0.401. The number of benzene rings is 3. The van der Waals surface area contributed by atoms with Gasteiger partial charge in [-0.15, -0.1) is 0 Å². The molecule has 5 rings (SSSR count). The number of nitrogens with one attached hydrogen (secondary N) is 1. The topological polar surface area (TPSA) is 94.2 Å². The Morgan fingerprint density at radius 3 is 2.57 bits per heavy atom. The molecule has 3 amide bonds. The lowest BCUT2D eigenvalue weighted by atomic mass is 10.1. The highest BCUT2D eigenvalue weighted by Crippen LogP contribution is 2.31. The Labute approximate surface area is 215 Å². The van der Waals surface area contributed by atoms with Crippen LogP contribution in [0.3, 0.4) is 0 Å². The zero-order valence-electron chi connectivity index (χ0n) is 20.6. The first kappa shape index (κ1) is 24.5. The van der Waals surface area contributed by atoms with Crippen molar-refractivity contribution in [3.63, 3.8) is 0 Å². The molecule has 8 nitrogen and oxygen atoms in total. The average Bonchev–Trinajstić information content (AvgIpc) is 3.51. The van der Waals surface area contributed by atoms with Crippen LogP contribution in [0.25, 0.3) is 0 Å². The number of imide groups is 1. The molecule has 8 heteroatoms. The van der Waals surface area contributed by atoms with E-state index in [1.807, 2.05) is 13.0 Å². The lowest BCUT2D eigenvalue weighted by Crippen LogP contribution is -2.36. The zero-order chi connectivity index (χ0) is 25.8. The molecular formula is C29H28N2O6. The number of carbonyl (C=O) groups is 3. The van der Waals surface area contributed by atoms with Gasteiger partial charge >= 0.3 is 0 Å². The van der Waals surface area contributed by atoms with E-state index in [1.165, 1.54) is 4.90 Å². The minimum Gasteiger partial charge on any atom is -0.494 e. The molecule has 37 heavy (non-hydrogen) atoms. The molecule has 0 spiro atoms. The van der Waals surface area contributed by atoms with Crippen molar-refractivity contribution >= 4 is 23.4 Å². The first-order chi connectivity index (χ1) is 18.0. The van der Waals surface area contributed by atoms with Crippen LogP contribution in [0.2, 0.25) is 0 Å². The van der Waals surface area contributed by atoms with Crippen molar-refractivity contribution in [2.45, 2.75) is 32.3 Å². The van der Waals surface area contributed by atoms with E-state index in [0.717, 1.165) is 19.3 Å². The van der Waals surface area contributed by atoms with Crippen molar-refractivity contribution in [2.75, 3.05) is 25.1 Å². The van der Waals surface area contributed by atoms with Crippen LogP contribution >= 0.6 is 0 Å². The molecule has 0 bridgehead atoms. The lowest BCUT2D eigenvalue weighted by Gasteiger charge is -2.17. The maximum absolute atomic E-state index is 12.9. The van der Waals surface area contributed by atoms with Crippen molar-refractivity contribution in [3.05, 3.63) is 83.4 Å². The van der Waals surface area contributed by atoms with Crippen molar-refractivity contribution in [1.29, 1.82) is 0 Å². The summed E-state index contributed by atoms with van der Waals surface area (Å²) in [6.45, 7) is 3.52. The van der Waals surface area contributed by atoms with Gasteiger partial charge in [0.1, 0.15) is 17.2 Å². The van der Waals surface area contributed by atoms with Gasteiger partial charge in [-0.05, 0) is 67.8 Å². The molecule has 1 fully saturated rings. The Morgan fingerprint density at radius 2 is 1.76 bits per heavy atom. The van der Waals surface area contributed by atoms with Crippen molar-refractivity contribution in [3.8, 4) is 17.2 Å². The molecule has 1 N–H and O–H groups in total. The second-order valence-electron chi connectivity index (χ2n) is 9.02. The number of amides is 3. The summed E-state index contributed by atoms with van der Waals surface area (Å²) in [5.74, 6) is 0.620. The molecule has 0 radical (unpaired) electrons. The number of anilines is 1. The van der Waals surface area contributed by atoms with E-state index in [-0.39, 0.29) is 30.4 Å². The van der Waals surface area contributed by atoms with Crippen molar-refractivity contribution in [2.24, 2.45) is 0 Å². The SMILES string of the molecule is CCCOc1cccc(C(=O)Nc2cccc(Oc3ccc4c(c3)C(=O)N(CC3CCCO3)C4=O)c2)c1.